The fourth-order valence-corrected chi connectivity index (χ4v) is 1.26. The Morgan fingerprint density at radius 3 is 2.60 bits per heavy atom. The molecule has 0 radical (unpaired) electrons. The molecule has 0 aromatic carbocycles. The van der Waals surface area contributed by atoms with Crippen molar-refractivity contribution in [1.82, 2.24) is 15.4 Å². The molecule has 0 aromatic heterocycles. The molecule has 7 heteroatoms. The van der Waals surface area contributed by atoms with Crippen LogP contribution in [-0.4, -0.2) is 46.8 Å². The predicted molar refractivity (Wildman–Crippen MR) is 58.9 cm³/mol. The highest BCUT2D eigenvalue weighted by molar-refractivity contribution is 7.88. The Bertz CT molecular complexity index is 300. The summed E-state index contributed by atoms with van der Waals surface area (Å²) in [4.78, 5) is 11.1. The molecule has 3 N–H and O–H groups in total. The second-order valence-corrected chi connectivity index (χ2v) is 4.77. The molecule has 0 aromatic rings. The van der Waals surface area contributed by atoms with Gasteiger partial charge in [-0.15, -0.1) is 6.58 Å². The molecule has 0 atom stereocenters. The second kappa shape index (κ2) is 7.38. The fourth-order valence-electron chi connectivity index (χ4n) is 0.789. The van der Waals surface area contributed by atoms with Gasteiger partial charge in [-0.2, -0.15) is 0 Å². The van der Waals surface area contributed by atoms with E-state index in [0.29, 0.717) is 6.54 Å². The van der Waals surface area contributed by atoms with Gasteiger partial charge < -0.3 is 10.6 Å². The smallest absolute Gasteiger partial charge is 0.234 e. The van der Waals surface area contributed by atoms with Gasteiger partial charge in [0.25, 0.3) is 0 Å². The van der Waals surface area contributed by atoms with Gasteiger partial charge in [0.1, 0.15) is 0 Å². The minimum atomic E-state index is -3.17. The molecule has 0 saturated heterocycles. The summed E-state index contributed by atoms with van der Waals surface area (Å²) in [5, 5.41) is 5.37. The van der Waals surface area contributed by atoms with Gasteiger partial charge in [-0.05, 0) is 0 Å². The number of hydrogen-bond donors (Lipinski definition) is 3. The van der Waals surface area contributed by atoms with E-state index in [1.165, 1.54) is 0 Å². The first-order valence-electron chi connectivity index (χ1n) is 4.48. The predicted octanol–water partition coefficient (Wildman–Crippen LogP) is -1.57. The third kappa shape index (κ3) is 11.0. The SMILES string of the molecule is C=CCNCC(=O)NCCNS(C)(=O)=O. The van der Waals surface area contributed by atoms with Crippen molar-refractivity contribution in [1.29, 1.82) is 0 Å². The molecule has 6 nitrogen and oxygen atoms in total. The highest BCUT2D eigenvalue weighted by Gasteiger charge is 2.01. The lowest BCUT2D eigenvalue weighted by Crippen LogP contribution is -2.38. The summed E-state index contributed by atoms with van der Waals surface area (Å²) in [5.74, 6) is -0.174. The number of carbonyl (C=O) groups is 1. The van der Waals surface area contributed by atoms with E-state index in [9.17, 15) is 13.2 Å². The molecule has 0 aliphatic rings. The maximum Gasteiger partial charge on any atom is 0.234 e. The van der Waals surface area contributed by atoms with Crippen LogP contribution >= 0.6 is 0 Å². The van der Waals surface area contributed by atoms with Crippen molar-refractivity contribution in [3.8, 4) is 0 Å². The molecule has 0 heterocycles. The second-order valence-electron chi connectivity index (χ2n) is 2.94. The normalized spacial score (nSPS) is 11.0. The average Bonchev–Trinajstić information content (AvgIpc) is 2.11. The Hall–Kier alpha value is -0.920. The lowest BCUT2D eigenvalue weighted by atomic mass is 10.5. The molecule has 15 heavy (non-hydrogen) atoms. The van der Waals surface area contributed by atoms with Crippen molar-refractivity contribution in [2.75, 3.05) is 32.4 Å². The quantitative estimate of drug-likeness (QED) is 0.350. The fraction of sp³-hybridized carbons (Fsp3) is 0.625. The van der Waals surface area contributed by atoms with Gasteiger partial charge in [0, 0.05) is 19.6 Å². The molecular weight excluding hydrogens is 218 g/mol. The van der Waals surface area contributed by atoms with Gasteiger partial charge in [0.15, 0.2) is 0 Å². The van der Waals surface area contributed by atoms with Gasteiger partial charge in [-0.3, -0.25) is 4.79 Å². The summed E-state index contributed by atoms with van der Waals surface area (Å²) < 4.78 is 23.5. The molecule has 0 spiro atoms. The molecule has 0 rings (SSSR count). The van der Waals surface area contributed by atoms with Gasteiger partial charge in [-0.25, -0.2) is 13.1 Å². The minimum Gasteiger partial charge on any atom is -0.354 e. The third-order valence-electron chi connectivity index (χ3n) is 1.39. The molecule has 0 aliphatic carbocycles. The summed E-state index contributed by atoms with van der Waals surface area (Å²) >= 11 is 0. The van der Waals surface area contributed by atoms with Crippen LogP contribution in [0.1, 0.15) is 0 Å². The van der Waals surface area contributed by atoms with Gasteiger partial charge in [-0.1, -0.05) is 6.08 Å². The van der Waals surface area contributed by atoms with Crippen molar-refractivity contribution in [2.24, 2.45) is 0 Å². The summed E-state index contributed by atoms with van der Waals surface area (Å²) in [6.07, 6.45) is 2.72. The highest BCUT2D eigenvalue weighted by atomic mass is 32.2. The summed E-state index contributed by atoms with van der Waals surface area (Å²) in [7, 11) is -3.17. The summed E-state index contributed by atoms with van der Waals surface area (Å²) in [6.45, 7) is 4.73. The van der Waals surface area contributed by atoms with Crippen LogP contribution in [0.3, 0.4) is 0 Å². The number of amides is 1. The summed E-state index contributed by atoms with van der Waals surface area (Å²) in [6, 6.07) is 0. The van der Waals surface area contributed by atoms with Crippen LogP contribution in [0.25, 0.3) is 0 Å². The monoisotopic (exact) mass is 235 g/mol. The van der Waals surface area contributed by atoms with Crippen molar-refractivity contribution < 1.29 is 13.2 Å². The van der Waals surface area contributed by atoms with E-state index in [4.69, 9.17) is 0 Å². The molecule has 1 amide bonds. The molecule has 0 unspecified atom stereocenters. The number of hydrogen-bond acceptors (Lipinski definition) is 4. The van der Waals surface area contributed by atoms with E-state index in [0.717, 1.165) is 6.26 Å². The van der Waals surface area contributed by atoms with Crippen LogP contribution in [0.4, 0.5) is 0 Å². The molecule has 0 bridgehead atoms. The van der Waals surface area contributed by atoms with Crippen molar-refractivity contribution >= 4 is 15.9 Å². The molecule has 0 fully saturated rings. The topological polar surface area (TPSA) is 87.3 Å². The molecular formula is C8H17N3O3S. The Morgan fingerprint density at radius 1 is 1.40 bits per heavy atom. The van der Waals surface area contributed by atoms with Crippen LogP contribution in [0.2, 0.25) is 0 Å². The highest BCUT2D eigenvalue weighted by Crippen LogP contribution is 1.71. The van der Waals surface area contributed by atoms with E-state index in [1.54, 1.807) is 6.08 Å². The van der Waals surface area contributed by atoms with Crippen LogP contribution < -0.4 is 15.4 Å². The van der Waals surface area contributed by atoms with Gasteiger partial charge >= 0.3 is 0 Å². The zero-order valence-corrected chi connectivity index (χ0v) is 9.56. The number of carbonyl (C=O) groups excluding carboxylic acids is 1. The van der Waals surface area contributed by atoms with Crippen molar-refractivity contribution in [3.63, 3.8) is 0 Å². The minimum absolute atomic E-state index is 0.174. The molecule has 0 saturated carbocycles. The maximum atomic E-state index is 11.1. The van der Waals surface area contributed by atoms with Gasteiger partial charge in [0.05, 0.1) is 12.8 Å². The lowest BCUT2D eigenvalue weighted by molar-refractivity contribution is -0.120. The van der Waals surface area contributed by atoms with E-state index < -0.39 is 10.0 Å². The summed E-state index contributed by atoms with van der Waals surface area (Å²) in [5.41, 5.74) is 0. The van der Waals surface area contributed by atoms with Crippen LogP contribution in [0.15, 0.2) is 12.7 Å². The van der Waals surface area contributed by atoms with E-state index in [2.05, 4.69) is 21.9 Å². The first kappa shape index (κ1) is 14.1. The van der Waals surface area contributed by atoms with Crippen LogP contribution in [-0.2, 0) is 14.8 Å². The van der Waals surface area contributed by atoms with E-state index >= 15 is 0 Å². The van der Waals surface area contributed by atoms with Gasteiger partial charge in [0.2, 0.25) is 15.9 Å². The molecule has 88 valence electrons. The van der Waals surface area contributed by atoms with Crippen LogP contribution in [0, 0.1) is 0 Å². The Kier molecular flexibility index (Phi) is 6.93. The number of sulfonamides is 1. The zero-order chi connectivity index (χ0) is 11.7. The zero-order valence-electron chi connectivity index (χ0n) is 8.75. The number of nitrogens with one attached hydrogen (secondary N) is 3. The lowest BCUT2D eigenvalue weighted by Gasteiger charge is -2.05. The van der Waals surface area contributed by atoms with E-state index in [1.807, 2.05) is 0 Å². The average molecular weight is 235 g/mol. The first-order chi connectivity index (χ1) is 6.95. The van der Waals surface area contributed by atoms with E-state index in [-0.39, 0.29) is 25.5 Å². The maximum absolute atomic E-state index is 11.1. The first-order valence-corrected chi connectivity index (χ1v) is 6.38. The Morgan fingerprint density at radius 2 is 2.07 bits per heavy atom. The third-order valence-corrected chi connectivity index (χ3v) is 2.11. The van der Waals surface area contributed by atoms with Crippen LogP contribution in [0.5, 0.6) is 0 Å². The molecule has 0 aliphatic heterocycles. The standard InChI is InChI=1S/C8H17N3O3S/c1-3-4-9-7-8(12)10-5-6-11-15(2,13)14/h3,9,11H,1,4-7H2,2H3,(H,10,12). The Labute approximate surface area is 90.2 Å². The number of rotatable bonds is 8. The van der Waals surface area contributed by atoms with Crippen molar-refractivity contribution in [2.45, 2.75) is 0 Å². The van der Waals surface area contributed by atoms with Crippen molar-refractivity contribution in [3.05, 3.63) is 12.7 Å². The largest absolute Gasteiger partial charge is 0.354 e. The Balaban J connectivity index is 3.43.